The van der Waals surface area contributed by atoms with Crippen molar-refractivity contribution < 1.29 is 46.9 Å². The van der Waals surface area contributed by atoms with E-state index >= 15 is 0 Å². The number of anilines is 1. The molecule has 1 heterocycles. The van der Waals surface area contributed by atoms with Gasteiger partial charge in [0.25, 0.3) is 17.7 Å². The first-order valence-electron chi connectivity index (χ1n) is 8.61. The maximum absolute atomic E-state index is 13.4. The lowest BCUT2D eigenvalue weighted by Crippen LogP contribution is -2.61. The van der Waals surface area contributed by atoms with E-state index in [-0.39, 0.29) is 17.9 Å². The van der Waals surface area contributed by atoms with Crippen LogP contribution in [0, 0.1) is 5.82 Å². The molecular formula is C17H19F4N3O6. The molecule has 1 aromatic rings. The average molecular weight is 437 g/mol. The summed E-state index contributed by atoms with van der Waals surface area (Å²) in [4.78, 5) is 36.7. The van der Waals surface area contributed by atoms with Gasteiger partial charge in [0, 0.05) is 19.1 Å². The molecule has 0 spiro atoms. The maximum Gasteiger partial charge on any atom is 0.405 e. The van der Waals surface area contributed by atoms with Gasteiger partial charge in [-0.05, 0) is 19.1 Å². The number of amides is 3. The summed E-state index contributed by atoms with van der Waals surface area (Å²) in [6.45, 7) is -1.62. The van der Waals surface area contributed by atoms with Crippen molar-refractivity contribution in [3.8, 4) is 5.75 Å². The van der Waals surface area contributed by atoms with E-state index in [2.05, 4.69) is 5.32 Å². The highest BCUT2D eigenvalue weighted by Gasteiger charge is 2.44. The largest absolute Gasteiger partial charge is 0.485 e. The first-order valence-corrected chi connectivity index (χ1v) is 8.61. The van der Waals surface area contributed by atoms with Gasteiger partial charge in [0.05, 0.1) is 5.69 Å². The quantitative estimate of drug-likeness (QED) is 0.309. The Morgan fingerprint density at radius 1 is 1.27 bits per heavy atom. The van der Waals surface area contributed by atoms with Crippen molar-refractivity contribution >= 4 is 23.4 Å². The fraction of sp³-hybridized carbons (Fsp3) is 0.471. The third-order valence-corrected chi connectivity index (χ3v) is 4.17. The molecule has 0 fully saturated rings. The molecule has 0 radical (unpaired) electrons. The fourth-order valence-electron chi connectivity index (χ4n) is 2.56. The standard InChI is InChI=1S/C17H19F4N3O6/c1-16(29,14(27)22-7-17(19,20)21)15(28)24-12-11(4-5-25)30-10-3-2-8(18)6-9(10)23-13(12)26/h2-3,6,11-12,25,29H,4-5,7H2,1H3,(H,22,27)(H,23,26)(H,24,28)/t11-,12+,16-/m0/s1. The summed E-state index contributed by atoms with van der Waals surface area (Å²) in [7, 11) is 0. The van der Waals surface area contributed by atoms with Gasteiger partial charge in [-0.1, -0.05) is 0 Å². The molecule has 0 saturated carbocycles. The number of hydrogen-bond acceptors (Lipinski definition) is 6. The molecule has 9 nitrogen and oxygen atoms in total. The Kier molecular flexibility index (Phi) is 6.87. The zero-order chi connectivity index (χ0) is 22.7. The van der Waals surface area contributed by atoms with Gasteiger partial charge >= 0.3 is 6.18 Å². The van der Waals surface area contributed by atoms with E-state index in [9.17, 15) is 42.2 Å². The Morgan fingerprint density at radius 2 is 1.93 bits per heavy atom. The summed E-state index contributed by atoms with van der Waals surface area (Å²) in [6.07, 6.45) is -6.15. The van der Waals surface area contributed by atoms with Gasteiger partial charge in [-0.25, -0.2) is 4.39 Å². The smallest absolute Gasteiger partial charge is 0.405 e. The number of nitrogens with one attached hydrogen (secondary N) is 3. The number of alkyl halides is 3. The maximum atomic E-state index is 13.4. The lowest BCUT2D eigenvalue weighted by atomic mass is 10.0. The van der Waals surface area contributed by atoms with Gasteiger partial charge in [-0.2, -0.15) is 13.2 Å². The van der Waals surface area contributed by atoms with E-state index in [4.69, 9.17) is 4.74 Å². The summed E-state index contributed by atoms with van der Waals surface area (Å²) >= 11 is 0. The monoisotopic (exact) mass is 437 g/mol. The van der Waals surface area contributed by atoms with E-state index in [0.717, 1.165) is 12.1 Å². The molecule has 3 atom stereocenters. The molecule has 0 saturated heterocycles. The van der Waals surface area contributed by atoms with Crippen molar-refractivity contribution in [3.63, 3.8) is 0 Å². The number of ether oxygens (including phenoxy) is 1. The normalized spacial score (nSPS) is 20.7. The molecular weight excluding hydrogens is 418 g/mol. The van der Waals surface area contributed by atoms with Gasteiger partial charge in [0.1, 0.15) is 30.3 Å². The molecule has 13 heteroatoms. The zero-order valence-corrected chi connectivity index (χ0v) is 15.5. The minimum atomic E-state index is -4.77. The van der Waals surface area contributed by atoms with Crippen LogP contribution in [0.3, 0.4) is 0 Å². The van der Waals surface area contributed by atoms with Crippen molar-refractivity contribution in [3.05, 3.63) is 24.0 Å². The number of carbonyl (C=O) groups is 3. The van der Waals surface area contributed by atoms with Crippen LogP contribution in [-0.2, 0) is 14.4 Å². The summed E-state index contributed by atoms with van der Waals surface area (Å²) in [5, 5.41) is 25.0. The minimum absolute atomic E-state index is 0.0367. The topological polar surface area (TPSA) is 137 Å². The Balaban J connectivity index is 2.20. The fourth-order valence-corrected chi connectivity index (χ4v) is 2.56. The molecule has 0 aliphatic carbocycles. The zero-order valence-electron chi connectivity index (χ0n) is 15.5. The predicted molar refractivity (Wildman–Crippen MR) is 92.8 cm³/mol. The summed E-state index contributed by atoms with van der Waals surface area (Å²) in [5.41, 5.74) is -3.02. The first kappa shape index (κ1) is 23.3. The van der Waals surface area contributed by atoms with E-state index in [1.807, 2.05) is 5.32 Å². The molecule has 30 heavy (non-hydrogen) atoms. The van der Waals surface area contributed by atoms with E-state index in [1.54, 1.807) is 0 Å². The van der Waals surface area contributed by atoms with Crippen molar-refractivity contribution in [2.75, 3.05) is 18.5 Å². The van der Waals surface area contributed by atoms with Crippen LogP contribution in [0.2, 0.25) is 0 Å². The van der Waals surface area contributed by atoms with Crippen LogP contribution in [0.5, 0.6) is 5.75 Å². The van der Waals surface area contributed by atoms with E-state index in [0.29, 0.717) is 6.92 Å². The molecule has 5 N–H and O–H groups in total. The highest BCUT2D eigenvalue weighted by atomic mass is 19.4. The third-order valence-electron chi connectivity index (χ3n) is 4.17. The van der Waals surface area contributed by atoms with Crippen molar-refractivity contribution in [2.24, 2.45) is 0 Å². The van der Waals surface area contributed by atoms with Crippen LogP contribution in [-0.4, -0.2) is 65.0 Å². The van der Waals surface area contributed by atoms with Crippen LogP contribution in [0.15, 0.2) is 18.2 Å². The van der Waals surface area contributed by atoms with E-state index < -0.39 is 60.6 Å². The summed E-state index contributed by atoms with van der Waals surface area (Å²) in [6, 6.07) is 1.64. The van der Waals surface area contributed by atoms with Crippen LogP contribution < -0.4 is 20.7 Å². The number of rotatable bonds is 6. The second-order valence-corrected chi connectivity index (χ2v) is 6.62. The van der Waals surface area contributed by atoms with Gasteiger partial charge in [0.2, 0.25) is 5.60 Å². The molecule has 0 unspecified atom stereocenters. The molecule has 166 valence electrons. The van der Waals surface area contributed by atoms with Gasteiger partial charge in [-0.3, -0.25) is 14.4 Å². The molecule has 1 aliphatic heterocycles. The molecule has 2 rings (SSSR count). The predicted octanol–water partition coefficient (Wildman–Crippen LogP) is -0.178. The van der Waals surface area contributed by atoms with Crippen molar-refractivity contribution in [1.29, 1.82) is 0 Å². The average Bonchev–Trinajstić information content (AvgIpc) is 2.76. The van der Waals surface area contributed by atoms with Gasteiger partial charge < -0.3 is 30.9 Å². The number of aliphatic hydroxyl groups is 2. The number of hydrogen-bond donors (Lipinski definition) is 5. The number of benzene rings is 1. The number of fused-ring (bicyclic) bond motifs is 1. The summed E-state index contributed by atoms with van der Waals surface area (Å²) < 4.78 is 55.7. The lowest BCUT2D eigenvalue weighted by Gasteiger charge is -2.28. The Bertz CT molecular complexity index is 830. The van der Waals surface area contributed by atoms with Crippen molar-refractivity contribution in [1.82, 2.24) is 10.6 Å². The second-order valence-electron chi connectivity index (χ2n) is 6.62. The SMILES string of the molecule is C[C@](O)(C(=O)NCC(F)(F)F)C(=O)N[C@H]1C(=O)Nc2cc(F)ccc2O[C@H]1CCO. The minimum Gasteiger partial charge on any atom is -0.485 e. The molecule has 0 bridgehead atoms. The Morgan fingerprint density at radius 3 is 2.53 bits per heavy atom. The Labute approximate surface area is 167 Å². The first-order chi connectivity index (χ1) is 13.8. The van der Waals surface area contributed by atoms with Gasteiger partial charge in [-0.15, -0.1) is 0 Å². The molecule has 1 aromatic carbocycles. The third kappa shape index (κ3) is 5.57. The number of aliphatic hydroxyl groups excluding tert-OH is 1. The summed E-state index contributed by atoms with van der Waals surface area (Å²) in [5.74, 6) is -4.70. The highest BCUT2D eigenvalue weighted by Crippen LogP contribution is 2.30. The van der Waals surface area contributed by atoms with Crippen LogP contribution in [0.4, 0.5) is 23.2 Å². The highest BCUT2D eigenvalue weighted by molar-refractivity contribution is 6.09. The van der Waals surface area contributed by atoms with Gasteiger partial charge in [0.15, 0.2) is 0 Å². The van der Waals surface area contributed by atoms with Crippen molar-refractivity contribution in [2.45, 2.75) is 37.3 Å². The van der Waals surface area contributed by atoms with E-state index in [1.165, 1.54) is 11.4 Å². The molecule has 1 aliphatic rings. The number of carbonyl (C=O) groups excluding carboxylic acids is 3. The Hall–Kier alpha value is -2.93. The van der Waals surface area contributed by atoms with Crippen LogP contribution >= 0.6 is 0 Å². The second kappa shape index (κ2) is 8.83. The molecule has 3 amide bonds. The lowest BCUT2D eigenvalue weighted by molar-refractivity contribution is -0.158. The van der Waals surface area contributed by atoms with Crippen LogP contribution in [0.25, 0.3) is 0 Å². The molecule has 0 aromatic heterocycles. The van der Waals surface area contributed by atoms with Crippen LogP contribution in [0.1, 0.15) is 13.3 Å². The number of halogens is 4.